The van der Waals surface area contributed by atoms with Gasteiger partial charge in [-0.1, -0.05) is 0 Å². The van der Waals surface area contributed by atoms with Crippen LogP contribution in [0.15, 0.2) is 0 Å². The van der Waals surface area contributed by atoms with E-state index in [1.54, 1.807) is 6.92 Å². The van der Waals surface area contributed by atoms with Gasteiger partial charge in [0.1, 0.15) is 67.1 Å². The second-order valence-electron chi connectivity index (χ2n) is 10.6. The summed E-state index contributed by atoms with van der Waals surface area (Å²) in [6.07, 6.45) is -16.8. The third-order valence-electron chi connectivity index (χ3n) is 7.57. The summed E-state index contributed by atoms with van der Waals surface area (Å²) in [5.74, 6) is -1.04. The van der Waals surface area contributed by atoms with Crippen LogP contribution in [0.5, 0.6) is 0 Å². The molecule has 17 nitrogen and oxygen atoms in total. The fourth-order valence-electron chi connectivity index (χ4n) is 5.54. The monoisotopic (exact) mass is 612 g/mol. The Morgan fingerprint density at radius 2 is 1.19 bits per heavy atom. The van der Waals surface area contributed by atoms with Crippen LogP contribution in [-0.4, -0.2) is 168 Å². The molecule has 0 aromatic carbocycles. The van der Waals surface area contributed by atoms with Gasteiger partial charge in [0.2, 0.25) is 11.8 Å². The lowest BCUT2D eigenvalue weighted by Gasteiger charge is -2.49. The van der Waals surface area contributed by atoms with E-state index in [1.165, 1.54) is 28.1 Å². The lowest BCUT2D eigenvalue weighted by molar-refractivity contribution is -0.359. The number of hydrogen-bond donors (Lipinski definition) is 8. The molecule has 3 heterocycles. The molecule has 3 aliphatic rings. The van der Waals surface area contributed by atoms with E-state index in [9.17, 15) is 40.2 Å². The molecule has 3 saturated heterocycles. The molecule has 42 heavy (non-hydrogen) atoms. The quantitative estimate of drug-likeness (QED) is 0.109. The fraction of sp³-hybridized carbons (Fsp3) is 0.920. The highest BCUT2D eigenvalue weighted by Gasteiger charge is 2.54. The van der Waals surface area contributed by atoms with Crippen molar-refractivity contribution in [3.05, 3.63) is 0 Å². The molecule has 0 aromatic heterocycles. The molecule has 3 aliphatic heterocycles. The molecule has 0 spiro atoms. The van der Waals surface area contributed by atoms with Crippen molar-refractivity contribution in [2.75, 3.05) is 34.0 Å². The van der Waals surface area contributed by atoms with Gasteiger partial charge in [0.25, 0.3) is 0 Å². The SMILES string of the molecule is COCC1O[C@@H](O[C@H]2C(CO)O[C@@H](O[C@H]3C(CO)O[C@@H](C)C(NC(C)=O)[C@H]3O)C(NC(C)=O)[C@H]2O)C(O)[C@@H](OC)[C@H]1O. The Morgan fingerprint density at radius 3 is 1.71 bits per heavy atom. The van der Waals surface area contributed by atoms with E-state index < -0.39 is 117 Å². The Bertz CT molecular complexity index is 885. The molecular formula is C25H44N2O15. The summed E-state index contributed by atoms with van der Waals surface area (Å²) >= 11 is 0. The zero-order valence-corrected chi connectivity index (χ0v) is 24.1. The number of aliphatic hydroxyl groups excluding tert-OH is 6. The lowest BCUT2D eigenvalue weighted by Crippen LogP contribution is -2.70. The van der Waals surface area contributed by atoms with Crippen molar-refractivity contribution >= 4 is 11.8 Å². The molecule has 244 valence electrons. The normalized spacial score (nSPS) is 44.4. The van der Waals surface area contributed by atoms with Gasteiger partial charge in [-0.05, 0) is 6.92 Å². The summed E-state index contributed by atoms with van der Waals surface area (Å²) in [6.45, 7) is 2.64. The number of methoxy groups -OCH3 is 2. The number of rotatable bonds is 11. The Kier molecular flexibility index (Phi) is 12.8. The number of aliphatic hydroxyl groups is 6. The maximum absolute atomic E-state index is 12.1. The van der Waals surface area contributed by atoms with Crippen LogP contribution in [-0.2, 0) is 42.7 Å². The highest BCUT2D eigenvalue weighted by atomic mass is 16.7. The van der Waals surface area contributed by atoms with Crippen LogP contribution in [0.1, 0.15) is 20.8 Å². The van der Waals surface area contributed by atoms with Crippen LogP contribution < -0.4 is 10.6 Å². The number of ether oxygens (including phenoxy) is 7. The summed E-state index contributed by atoms with van der Waals surface area (Å²) in [6, 6.07) is -2.29. The van der Waals surface area contributed by atoms with Crippen molar-refractivity contribution in [3.63, 3.8) is 0 Å². The Labute approximate surface area is 242 Å². The zero-order chi connectivity index (χ0) is 31.3. The number of carbonyl (C=O) groups is 2. The third-order valence-corrected chi connectivity index (χ3v) is 7.57. The van der Waals surface area contributed by atoms with Gasteiger partial charge >= 0.3 is 0 Å². The van der Waals surface area contributed by atoms with Crippen molar-refractivity contribution < 1.29 is 73.4 Å². The molecule has 2 amide bonds. The maximum atomic E-state index is 12.1. The molecule has 3 rings (SSSR count). The van der Waals surface area contributed by atoms with E-state index in [1.807, 2.05) is 0 Å². The third kappa shape index (κ3) is 7.73. The van der Waals surface area contributed by atoms with E-state index in [0.29, 0.717) is 0 Å². The maximum Gasteiger partial charge on any atom is 0.217 e. The van der Waals surface area contributed by atoms with Crippen LogP contribution in [0, 0.1) is 0 Å². The Morgan fingerprint density at radius 1 is 0.690 bits per heavy atom. The van der Waals surface area contributed by atoms with Crippen LogP contribution in [0.4, 0.5) is 0 Å². The number of carbonyl (C=O) groups excluding carboxylic acids is 2. The molecule has 6 unspecified atom stereocenters. The predicted octanol–water partition coefficient (Wildman–Crippen LogP) is -4.91. The Balaban J connectivity index is 1.86. The molecular weight excluding hydrogens is 568 g/mol. The molecule has 17 heteroatoms. The summed E-state index contributed by atoms with van der Waals surface area (Å²) in [5.41, 5.74) is 0. The van der Waals surface area contributed by atoms with Gasteiger partial charge in [0.05, 0.1) is 32.0 Å². The first-order chi connectivity index (χ1) is 19.9. The summed E-state index contributed by atoms with van der Waals surface area (Å²) < 4.78 is 39.5. The molecule has 15 atom stereocenters. The van der Waals surface area contributed by atoms with Crippen LogP contribution in [0.3, 0.4) is 0 Å². The van der Waals surface area contributed by atoms with E-state index in [-0.39, 0.29) is 6.61 Å². The van der Waals surface area contributed by atoms with Crippen molar-refractivity contribution in [1.29, 1.82) is 0 Å². The van der Waals surface area contributed by atoms with E-state index >= 15 is 0 Å². The van der Waals surface area contributed by atoms with Crippen molar-refractivity contribution in [1.82, 2.24) is 10.6 Å². The topological polar surface area (TPSA) is 244 Å². The second kappa shape index (κ2) is 15.4. The number of nitrogens with one attached hydrogen (secondary N) is 2. The minimum atomic E-state index is -1.64. The van der Waals surface area contributed by atoms with Crippen LogP contribution in [0.25, 0.3) is 0 Å². The van der Waals surface area contributed by atoms with Gasteiger partial charge in [0, 0.05) is 28.1 Å². The van der Waals surface area contributed by atoms with E-state index in [2.05, 4.69) is 10.6 Å². The number of amides is 2. The minimum absolute atomic E-state index is 0.0822. The van der Waals surface area contributed by atoms with Gasteiger partial charge in [0.15, 0.2) is 12.6 Å². The molecule has 0 radical (unpaired) electrons. The molecule has 3 fully saturated rings. The zero-order valence-electron chi connectivity index (χ0n) is 24.1. The van der Waals surface area contributed by atoms with Gasteiger partial charge in [-0.25, -0.2) is 0 Å². The van der Waals surface area contributed by atoms with Crippen LogP contribution in [0.2, 0.25) is 0 Å². The summed E-state index contributed by atoms with van der Waals surface area (Å²) in [7, 11) is 2.65. The van der Waals surface area contributed by atoms with Crippen molar-refractivity contribution in [2.24, 2.45) is 0 Å². The van der Waals surface area contributed by atoms with Crippen molar-refractivity contribution in [3.8, 4) is 0 Å². The minimum Gasteiger partial charge on any atom is -0.394 e. The largest absolute Gasteiger partial charge is 0.394 e. The summed E-state index contributed by atoms with van der Waals surface area (Å²) in [4.78, 5) is 23.8. The second-order valence-corrected chi connectivity index (χ2v) is 10.6. The molecule has 0 saturated carbocycles. The van der Waals surface area contributed by atoms with Crippen molar-refractivity contribution in [2.45, 2.75) is 113 Å². The first-order valence-corrected chi connectivity index (χ1v) is 13.7. The average molecular weight is 613 g/mol. The molecule has 8 N–H and O–H groups in total. The molecule has 0 bridgehead atoms. The summed E-state index contributed by atoms with van der Waals surface area (Å²) in [5, 5.41) is 68.9. The van der Waals surface area contributed by atoms with Crippen LogP contribution >= 0.6 is 0 Å². The van der Waals surface area contributed by atoms with E-state index in [4.69, 9.17) is 33.2 Å². The van der Waals surface area contributed by atoms with Gasteiger partial charge in [-0.2, -0.15) is 0 Å². The fourth-order valence-corrected chi connectivity index (χ4v) is 5.54. The standard InChI is InChI=1S/C25H44N2O15/c1-9-15(26-10(2)30)18(33)21(12(6-28)38-9)41-24-16(27-11(3)31)19(34)22(13(7-29)39-24)42-25-20(35)23(37-5)17(32)14(40-25)8-36-4/h9,12-25,28-29,32-35H,6-8H2,1-5H3,(H,26,30)(H,27,31)/t9-,12?,13?,14?,15?,16?,17-,18+,19+,20?,21-,22-,23-,24-,25-/m0/s1. The molecule has 0 aliphatic carbocycles. The molecule has 0 aromatic rings. The highest BCUT2D eigenvalue weighted by molar-refractivity contribution is 5.73. The first kappa shape index (κ1) is 34.9. The smallest absolute Gasteiger partial charge is 0.217 e. The first-order valence-electron chi connectivity index (χ1n) is 13.7. The van der Waals surface area contributed by atoms with Gasteiger partial charge in [-0.3, -0.25) is 9.59 Å². The lowest BCUT2D eigenvalue weighted by atomic mass is 9.92. The highest BCUT2D eigenvalue weighted by Crippen LogP contribution is 2.33. The number of hydrogen-bond acceptors (Lipinski definition) is 15. The average Bonchev–Trinajstić information content (AvgIpc) is 2.93. The van der Waals surface area contributed by atoms with Gasteiger partial charge in [-0.15, -0.1) is 0 Å². The van der Waals surface area contributed by atoms with Gasteiger partial charge < -0.3 is 74.4 Å². The predicted molar refractivity (Wildman–Crippen MR) is 137 cm³/mol. The Hall–Kier alpha value is -1.58. The van der Waals surface area contributed by atoms with E-state index in [0.717, 1.165) is 0 Å².